The number of nitrogens with one attached hydrogen (secondary N) is 1. The second-order valence-corrected chi connectivity index (χ2v) is 12.3. The van der Waals surface area contributed by atoms with Crippen molar-refractivity contribution in [3.63, 3.8) is 0 Å². The largest absolute Gasteiger partial charge is 0.367 e. The van der Waals surface area contributed by atoms with Crippen LogP contribution in [0.1, 0.15) is 49.0 Å². The van der Waals surface area contributed by atoms with Crippen LogP contribution in [0, 0.1) is 0 Å². The molecule has 1 amide bonds. The lowest BCUT2D eigenvalue weighted by Gasteiger charge is -2.35. The second-order valence-electron chi connectivity index (χ2n) is 9.69. The number of carbonyl (C=O) groups is 1. The predicted molar refractivity (Wildman–Crippen MR) is 133 cm³/mol. The molecule has 0 bridgehead atoms. The van der Waals surface area contributed by atoms with Crippen LogP contribution in [-0.4, -0.2) is 83.7 Å². The van der Waals surface area contributed by atoms with Crippen molar-refractivity contribution in [1.29, 1.82) is 0 Å². The lowest BCUT2D eigenvalue weighted by atomic mass is 9.90. The van der Waals surface area contributed by atoms with Crippen molar-refractivity contribution in [2.75, 3.05) is 38.5 Å². The van der Waals surface area contributed by atoms with Gasteiger partial charge in [-0.2, -0.15) is 12.7 Å². The summed E-state index contributed by atoms with van der Waals surface area (Å²) in [6.45, 7) is 2.96. The molecule has 0 spiro atoms. The number of hydrogen-bond acceptors (Lipinski definition) is 8. The van der Waals surface area contributed by atoms with Crippen molar-refractivity contribution in [2.45, 2.75) is 63.6 Å². The van der Waals surface area contributed by atoms with Gasteiger partial charge in [0, 0.05) is 43.1 Å². The van der Waals surface area contributed by atoms with Crippen LogP contribution < -0.4 is 10.5 Å². The third-order valence-corrected chi connectivity index (χ3v) is 9.69. The molecular formula is C22H33N7O3S2. The third-order valence-electron chi connectivity index (χ3n) is 7.46. The molecule has 3 aliphatic rings. The predicted octanol–water partition coefficient (Wildman–Crippen LogP) is 1.53. The van der Waals surface area contributed by atoms with Crippen LogP contribution in [-0.2, 0) is 28.0 Å². The Balaban J connectivity index is 1.23. The summed E-state index contributed by atoms with van der Waals surface area (Å²) in [7, 11) is -1.67. The van der Waals surface area contributed by atoms with Gasteiger partial charge in [-0.1, -0.05) is 0 Å². The highest BCUT2D eigenvalue weighted by Crippen LogP contribution is 2.38. The number of carbonyl (C=O) groups excluding carboxylic acids is 1. The minimum Gasteiger partial charge on any atom is -0.367 e. The fourth-order valence-electron chi connectivity index (χ4n) is 5.48. The third kappa shape index (κ3) is 4.92. The Hall–Kier alpha value is -1.86. The molecule has 0 atom stereocenters. The molecule has 12 heteroatoms. The molecule has 0 aromatic carbocycles. The summed E-state index contributed by atoms with van der Waals surface area (Å²) in [6.07, 6.45) is 8.49. The number of thiophene rings is 1. The molecule has 2 aromatic rings. The van der Waals surface area contributed by atoms with Crippen molar-refractivity contribution in [3.05, 3.63) is 16.8 Å². The quantitative estimate of drug-likeness (QED) is 0.607. The van der Waals surface area contributed by atoms with E-state index in [0.717, 1.165) is 78.1 Å². The summed E-state index contributed by atoms with van der Waals surface area (Å²) in [5, 5.41) is 9.94. The minimum atomic E-state index is -3.74. The van der Waals surface area contributed by atoms with Gasteiger partial charge in [-0.05, 0) is 57.6 Å². The number of anilines is 1. The lowest BCUT2D eigenvalue weighted by molar-refractivity contribution is -0.131. The number of hydrogen-bond donors (Lipinski definition) is 2. The van der Waals surface area contributed by atoms with E-state index in [1.54, 1.807) is 17.7 Å². The van der Waals surface area contributed by atoms with Crippen molar-refractivity contribution in [3.8, 4) is 0 Å². The van der Waals surface area contributed by atoms with Gasteiger partial charge >= 0.3 is 0 Å². The number of nitrogens with two attached hydrogens (primary N) is 1. The minimum absolute atomic E-state index is 0.249. The maximum Gasteiger partial charge on any atom is 0.277 e. The highest BCUT2D eigenvalue weighted by Gasteiger charge is 2.30. The summed E-state index contributed by atoms with van der Waals surface area (Å²) >= 11 is 1.61. The molecule has 0 radical (unpaired) electrons. The number of nitrogens with zero attached hydrogens (tertiary/aromatic N) is 5. The van der Waals surface area contributed by atoms with Gasteiger partial charge in [0.25, 0.3) is 10.2 Å². The smallest absolute Gasteiger partial charge is 0.277 e. The molecule has 3 N–H and O–H groups in total. The molecule has 186 valence electrons. The van der Waals surface area contributed by atoms with E-state index in [2.05, 4.69) is 27.2 Å². The van der Waals surface area contributed by atoms with E-state index in [9.17, 15) is 13.2 Å². The Bertz CT molecular complexity index is 1150. The second kappa shape index (κ2) is 9.65. The van der Waals surface area contributed by atoms with E-state index in [1.165, 1.54) is 4.31 Å². The first-order valence-corrected chi connectivity index (χ1v) is 14.4. The molecule has 2 aromatic heterocycles. The van der Waals surface area contributed by atoms with E-state index in [4.69, 9.17) is 5.14 Å². The number of likely N-dealkylation sites (tertiary alicyclic amines) is 1. The van der Waals surface area contributed by atoms with Gasteiger partial charge in [-0.15, -0.1) is 11.3 Å². The first kappa shape index (κ1) is 23.9. The Labute approximate surface area is 204 Å². The molecule has 1 aliphatic carbocycles. The van der Waals surface area contributed by atoms with E-state index in [0.29, 0.717) is 25.6 Å². The molecule has 34 heavy (non-hydrogen) atoms. The van der Waals surface area contributed by atoms with Gasteiger partial charge in [0.15, 0.2) is 0 Å². The number of rotatable bonds is 6. The molecule has 0 unspecified atom stereocenters. The molecule has 2 fully saturated rings. The number of likely N-dealkylation sites (N-methyl/N-ethyl adjacent to an activating group) is 1. The van der Waals surface area contributed by atoms with Crippen molar-refractivity contribution < 1.29 is 13.2 Å². The molecule has 5 rings (SSSR count). The summed E-state index contributed by atoms with van der Waals surface area (Å²) in [5.74, 6) is 1.03. The highest BCUT2D eigenvalue weighted by atomic mass is 32.2. The van der Waals surface area contributed by atoms with Gasteiger partial charge in [0.05, 0.1) is 11.9 Å². The first-order chi connectivity index (χ1) is 16.3. The van der Waals surface area contributed by atoms with E-state index in [1.807, 2.05) is 4.90 Å². The summed E-state index contributed by atoms with van der Waals surface area (Å²) in [6, 6.07) is 0.692. The van der Waals surface area contributed by atoms with Crippen molar-refractivity contribution in [1.82, 2.24) is 24.1 Å². The average Bonchev–Trinajstić information content (AvgIpc) is 3.47. The Morgan fingerprint density at radius 1 is 1.21 bits per heavy atom. The normalized spacial score (nSPS) is 24.0. The molecule has 1 saturated carbocycles. The van der Waals surface area contributed by atoms with Gasteiger partial charge < -0.3 is 10.2 Å². The fraction of sp³-hybridized carbons (Fsp3) is 0.682. The summed E-state index contributed by atoms with van der Waals surface area (Å²) in [4.78, 5) is 27.7. The highest BCUT2D eigenvalue weighted by molar-refractivity contribution is 7.86. The lowest BCUT2D eigenvalue weighted by Crippen LogP contribution is -2.44. The van der Waals surface area contributed by atoms with Gasteiger partial charge in [0.2, 0.25) is 5.91 Å². The zero-order chi connectivity index (χ0) is 23.9. The van der Waals surface area contributed by atoms with Crippen LogP contribution in [0.4, 0.5) is 5.82 Å². The van der Waals surface area contributed by atoms with Crippen LogP contribution in [0.15, 0.2) is 6.33 Å². The number of aromatic nitrogens is 2. The van der Waals surface area contributed by atoms with E-state index < -0.39 is 10.2 Å². The molecule has 10 nitrogen and oxygen atoms in total. The zero-order valence-corrected chi connectivity index (χ0v) is 21.2. The van der Waals surface area contributed by atoms with Crippen molar-refractivity contribution >= 4 is 43.5 Å². The van der Waals surface area contributed by atoms with Crippen molar-refractivity contribution in [2.24, 2.45) is 5.14 Å². The van der Waals surface area contributed by atoms with E-state index >= 15 is 0 Å². The van der Waals surface area contributed by atoms with Crippen LogP contribution in [0.5, 0.6) is 0 Å². The molecule has 2 aliphatic heterocycles. The van der Waals surface area contributed by atoms with Crippen LogP contribution in [0.3, 0.4) is 0 Å². The SMILES string of the molecule is CN(CC(=O)N1CCCC1)C1CCC(Nc2ncnc3sc4c(c23)CN(S(N)(=O)=O)CC4)CC1. The maximum atomic E-state index is 12.5. The molecule has 1 saturated heterocycles. The number of fused-ring (bicyclic) bond motifs is 3. The average molecular weight is 508 g/mol. The molecular weight excluding hydrogens is 474 g/mol. The van der Waals surface area contributed by atoms with Gasteiger partial charge in [-0.25, -0.2) is 15.1 Å². The Morgan fingerprint density at radius 3 is 2.65 bits per heavy atom. The number of amides is 1. The summed E-state index contributed by atoms with van der Waals surface area (Å²) < 4.78 is 25.2. The van der Waals surface area contributed by atoms with Crippen LogP contribution in [0.25, 0.3) is 10.2 Å². The first-order valence-electron chi connectivity index (χ1n) is 12.1. The van der Waals surface area contributed by atoms with Gasteiger partial charge in [-0.3, -0.25) is 9.69 Å². The zero-order valence-electron chi connectivity index (χ0n) is 19.6. The monoisotopic (exact) mass is 507 g/mol. The fourth-order valence-corrected chi connectivity index (χ4v) is 7.27. The maximum absolute atomic E-state index is 12.5. The van der Waals surface area contributed by atoms with Gasteiger partial charge in [0.1, 0.15) is 17.0 Å². The molecule has 4 heterocycles. The van der Waals surface area contributed by atoms with Crippen LogP contribution >= 0.6 is 11.3 Å². The topological polar surface area (TPSA) is 125 Å². The van der Waals surface area contributed by atoms with E-state index in [-0.39, 0.29) is 18.5 Å². The Morgan fingerprint density at radius 2 is 1.94 bits per heavy atom. The van der Waals surface area contributed by atoms with Crippen LogP contribution in [0.2, 0.25) is 0 Å². The summed E-state index contributed by atoms with van der Waals surface area (Å²) in [5.41, 5.74) is 0.970. The Kier molecular flexibility index (Phi) is 6.77. The standard InChI is InChI=1S/C22H33N7O3S2/c1-27(13-19(30)28-9-2-3-10-28)16-6-4-15(5-7-16)26-21-20-17-12-29(34(23,31)32)11-8-18(17)33-22(20)25-14-24-21/h14-16H,2-13H2,1H3,(H2,23,31,32)(H,24,25,26).